The van der Waals surface area contributed by atoms with Crippen molar-refractivity contribution in [3.05, 3.63) is 60.4 Å². The van der Waals surface area contributed by atoms with Crippen molar-refractivity contribution in [2.45, 2.75) is 6.42 Å². The van der Waals surface area contributed by atoms with Crippen LogP contribution in [0.15, 0.2) is 54.9 Å². The number of benzene rings is 2. The van der Waals surface area contributed by atoms with E-state index in [1.54, 1.807) is 30.6 Å². The average molecular weight is 322 g/mol. The van der Waals surface area contributed by atoms with E-state index in [9.17, 15) is 9.90 Å². The minimum absolute atomic E-state index is 0.0120. The standard InChI is InChI=1S/C18H18N4O2/c23-16-12-14-6-2-1-5-13(14)11-15(16)17(24)19-7-3-8-20-18-21-9-4-10-22-18/h1-2,4-6,9-12,23H,3,7-8H2,(H,19,24)(H,20,21,22). The molecule has 0 atom stereocenters. The second-order valence-corrected chi connectivity index (χ2v) is 5.33. The zero-order valence-corrected chi connectivity index (χ0v) is 13.1. The average Bonchev–Trinajstić information content (AvgIpc) is 2.61. The maximum atomic E-state index is 12.2. The highest BCUT2D eigenvalue weighted by Gasteiger charge is 2.11. The van der Waals surface area contributed by atoms with E-state index in [0.717, 1.165) is 17.2 Å². The van der Waals surface area contributed by atoms with Crippen molar-refractivity contribution in [2.24, 2.45) is 0 Å². The zero-order chi connectivity index (χ0) is 16.8. The number of amides is 1. The quantitative estimate of drug-likeness (QED) is 0.607. The molecule has 0 unspecified atom stereocenters. The second-order valence-electron chi connectivity index (χ2n) is 5.33. The third kappa shape index (κ3) is 3.78. The van der Waals surface area contributed by atoms with Crippen LogP contribution in [0, 0.1) is 0 Å². The third-order valence-electron chi connectivity index (χ3n) is 3.60. The number of rotatable bonds is 6. The van der Waals surface area contributed by atoms with Crippen LogP contribution in [0.5, 0.6) is 5.75 Å². The highest BCUT2D eigenvalue weighted by atomic mass is 16.3. The lowest BCUT2D eigenvalue weighted by molar-refractivity contribution is 0.0951. The van der Waals surface area contributed by atoms with Crippen LogP contribution < -0.4 is 10.6 Å². The monoisotopic (exact) mass is 322 g/mol. The molecule has 3 N–H and O–H groups in total. The Kier molecular flexibility index (Phi) is 4.86. The predicted octanol–water partition coefficient (Wildman–Crippen LogP) is 2.57. The van der Waals surface area contributed by atoms with Crippen molar-refractivity contribution in [3.63, 3.8) is 0 Å². The summed E-state index contributed by atoms with van der Waals surface area (Å²) in [5, 5.41) is 17.7. The maximum absolute atomic E-state index is 12.2. The normalized spacial score (nSPS) is 10.5. The SMILES string of the molecule is O=C(NCCCNc1ncccn1)c1cc2ccccc2cc1O. The van der Waals surface area contributed by atoms with Crippen LogP contribution >= 0.6 is 0 Å². The number of hydrogen-bond donors (Lipinski definition) is 3. The first-order valence-electron chi connectivity index (χ1n) is 7.75. The summed E-state index contributed by atoms with van der Waals surface area (Å²) in [6, 6.07) is 12.7. The van der Waals surface area contributed by atoms with Crippen molar-refractivity contribution < 1.29 is 9.90 Å². The number of aromatic hydroxyl groups is 1. The minimum atomic E-state index is -0.283. The molecule has 0 radical (unpaired) electrons. The van der Waals surface area contributed by atoms with Crippen LogP contribution in [0.4, 0.5) is 5.95 Å². The summed E-state index contributed by atoms with van der Waals surface area (Å²) in [4.78, 5) is 20.3. The lowest BCUT2D eigenvalue weighted by Crippen LogP contribution is -2.26. The summed E-state index contributed by atoms with van der Waals surface area (Å²) < 4.78 is 0. The fraction of sp³-hybridized carbons (Fsp3) is 0.167. The molecule has 0 aliphatic rings. The summed E-state index contributed by atoms with van der Waals surface area (Å²) in [6.45, 7) is 1.14. The minimum Gasteiger partial charge on any atom is -0.507 e. The summed E-state index contributed by atoms with van der Waals surface area (Å²) in [5.41, 5.74) is 0.285. The molecular weight excluding hydrogens is 304 g/mol. The molecule has 0 spiro atoms. The van der Waals surface area contributed by atoms with Gasteiger partial charge in [-0.3, -0.25) is 4.79 Å². The molecule has 0 aliphatic carbocycles. The van der Waals surface area contributed by atoms with E-state index in [1.807, 2.05) is 24.3 Å². The predicted molar refractivity (Wildman–Crippen MR) is 93.1 cm³/mol. The van der Waals surface area contributed by atoms with Crippen LogP contribution in [0.3, 0.4) is 0 Å². The van der Waals surface area contributed by atoms with E-state index < -0.39 is 0 Å². The Labute approximate surface area is 139 Å². The highest BCUT2D eigenvalue weighted by Crippen LogP contribution is 2.24. The van der Waals surface area contributed by atoms with Gasteiger partial charge in [-0.15, -0.1) is 0 Å². The number of hydrogen-bond acceptors (Lipinski definition) is 5. The molecule has 24 heavy (non-hydrogen) atoms. The fourth-order valence-corrected chi connectivity index (χ4v) is 2.39. The molecule has 0 aliphatic heterocycles. The largest absolute Gasteiger partial charge is 0.507 e. The molecule has 1 amide bonds. The second kappa shape index (κ2) is 7.41. The number of nitrogens with zero attached hydrogens (tertiary/aromatic N) is 2. The molecule has 122 valence electrons. The van der Waals surface area contributed by atoms with Gasteiger partial charge in [0, 0.05) is 25.5 Å². The summed E-state index contributed by atoms with van der Waals surface area (Å²) in [7, 11) is 0. The third-order valence-corrected chi connectivity index (χ3v) is 3.60. The molecule has 0 saturated carbocycles. The molecule has 0 bridgehead atoms. The Morgan fingerprint density at radius 1 is 1.00 bits per heavy atom. The van der Waals surface area contributed by atoms with Crippen LogP contribution in [-0.2, 0) is 0 Å². The number of phenolic OH excluding ortho intramolecular Hbond substituents is 1. The molecule has 3 aromatic rings. The lowest BCUT2D eigenvalue weighted by atomic mass is 10.1. The van der Waals surface area contributed by atoms with Gasteiger partial charge in [0.15, 0.2) is 0 Å². The molecule has 1 aromatic heterocycles. The molecule has 6 nitrogen and oxygen atoms in total. The van der Waals surface area contributed by atoms with Gasteiger partial charge in [0.05, 0.1) is 5.56 Å². The molecule has 3 rings (SSSR count). The van der Waals surface area contributed by atoms with Gasteiger partial charge >= 0.3 is 0 Å². The Balaban J connectivity index is 1.52. The van der Waals surface area contributed by atoms with Gasteiger partial charge in [-0.1, -0.05) is 24.3 Å². The Hall–Kier alpha value is -3.15. The van der Waals surface area contributed by atoms with Gasteiger partial charge in [-0.2, -0.15) is 0 Å². The van der Waals surface area contributed by atoms with Gasteiger partial charge in [-0.05, 0) is 35.4 Å². The van der Waals surface area contributed by atoms with Crippen LogP contribution in [0.25, 0.3) is 10.8 Å². The maximum Gasteiger partial charge on any atom is 0.255 e. The molecule has 2 aromatic carbocycles. The van der Waals surface area contributed by atoms with Crippen LogP contribution in [-0.4, -0.2) is 34.1 Å². The molecule has 0 fully saturated rings. The van der Waals surface area contributed by atoms with Crippen LogP contribution in [0.1, 0.15) is 16.8 Å². The first-order valence-corrected chi connectivity index (χ1v) is 7.75. The summed E-state index contributed by atoms with van der Waals surface area (Å²) >= 11 is 0. The van der Waals surface area contributed by atoms with Gasteiger partial charge in [0.1, 0.15) is 5.75 Å². The Morgan fingerprint density at radius 2 is 1.71 bits per heavy atom. The molecule has 1 heterocycles. The van der Waals surface area contributed by atoms with E-state index >= 15 is 0 Å². The van der Waals surface area contributed by atoms with E-state index in [-0.39, 0.29) is 17.2 Å². The van der Waals surface area contributed by atoms with E-state index in [0.29, 0.717) is 19.0 Å². The number of carbonyl (C=O) groups excluding carboxylic acids is 1. The summed E-state index contributed by atoms with van der Waals surface area (Å²) in [5.74, 6) is 0.271. The van der Waals surface area contributed by atoms with Crippen molar-refractivity contribution in [2.75, 3.05) is 18.4 Å². The van der Waals surface area contributed by atoms with Crippen molar-refractivity contribution >= 4 is 22.6 Å². The lowest BCUT2D eigenvalue weighted by Gasteiger charge is -2.09. The zero-order valence-electron chi connectivity index (χ0n) is 13.1. The molecular formula is C18H18N4O2. The van der Waals surface area contributed by atoms with Gasteiger partial charge in [-0.25, -0.2) is 9.97 Å². The van der Waals surface area contributed by atoms with Crippen molar-refractivity contribution in [1.82, 2.24) is 15.3 Å². The van der Waals surface area contributed by atoms with E-state index in [4.69, 9.17) is 0 Å². The summed E-state index contributed by atoms with van der Waals surface area (Å²) in [6.07, 6.45) is 4.05. The van der Waals surface area contributed by atoms with Crippen molar-refractivity contribution in [1.29, 1.82) is 0 Å². The van der Waals surface area contributed by atoms with E-state index in [2.05, 4.69) is 20.6 Å². The number of carbonyl (C=O) groups is 1. The Bertz CT molecular complexity index is 837. The number of anilines is 1. The number of aromatic nitrogens is 2. The molecule has 0 saturated heterocycles. The van der Waals surface area contributed by atoms with Crippen LogP contribution in [0.2, 0.25) is 0 Å². The van der Waals surface area contributed by atoms with E-state index in [1.165, 1.54) is 0 Å². The highest BCUT2D eigenvalue weighted by molar-refractivity contribution is 6.01. The number of phenols is 1. The van der Waals surface area contributed by atoms with Gasteiger partial charge < -0.3 is 15.7 Å². The first kappa shape index (κ1) is 15.7. The fourth-order valence-electron chi connectivity index (χ4n) is 2.39. The van der Waals surface area contributed by atoms with Gasteiger partial charge in [0.2, 0.25) is 5.95 Å². The molecule has 6 heteroatoms. The first-order chi connectivity index (χ1) is 11.7. The van der Waals surface area contributed by atoms with Crippen molar-refractivity contribution in [3.8, 4) is 5.75 Å². The Morgan fingerprint density at radius 3 is 2.46 bits per heavy atom. The number of nitrogens with one attached hydrogen (secondary N) is 2. The smallest absolute Gasteiger partial charge is 0.255 e. The number of fused-ring (bicyclic) bond motifs is 1. The van der Waals surface area contributed by atoms with Gasteiger partial charge in [0.25, 0.3) is 5.91 Å². The topological polar surface area (TPSA) is 87.1 Å².